The van der Waals surface area contributed by atoms with Crippen LogP contribution >= 0.6 is 0 Å². The highest BCUT2D eigenvalue weighted by molar-refractivity contribution is 7.89. The van der Waals surface area contributed by atoms with Gasteiger partial charge in [0.25, 0.3) is 0 Å². The van der Waals surface area contributed by atoms with Gasteiger partial charge in [0.2, 0.25) is 10.0 Å². The predicted octanol–water partition coefficient (Wildman–Crippen LogP) is 4.30. The van der Waals surface area contributed by atoms with Crippen LogP contribution in [0, 0.1) is 6.92 Å². The predicted molar refractivity (Wildman–Crippen MR) is 114 cm³/mol. The molecule has 4 nitrogen and oxygen atoms in total. The van der Waals surface area contributed by atoms with Crippen molar-refractivity contribution in [2.75, 3.05) is 13.1 Å². The summed E-state index contributed by atoms with van der Waals surface area (Å²) >= 11 is 0. The lowest BCUT2D eigenvalue weighted by atomic mass is 9.93. The summed E-state index contributed by atoms with van der Waals surface area (Å²) in [5, 5.41) is 0. The maximum absolute atomic E-state index is 13.7. The summed E-state index contributed by atoms with van der Waals surface area (Å²) in [7, 11) is -3.62. The van der Waals surface area contributed by atoms with Gasteiger partial charge in [0.15, 0.2) is 0 Å². The maximum Gasteiger partial charge on any atom is 0.244 e. The first-order valence-electron chi connectivity index (χ1n) is 10.0. The summed E-state index contributed by atoms with van der Waals surface area (Å²) in [4.78, 5) is 2.71. The van der Waals surface area contributed by atoms with Crippen LogP contribution in [0.3, 0.4) is 0 Å². The van der Waals surface area contributed by atoms with E-state index < -0.39 is 10.0 Å². The minimum absolute atomic E-state index is 0.0744. The largest absolute Gasteiger partial charge is 0.274 e. The van der Waals surface area contributed by atoms with Crippen LogP contribution in [0.2, 0.25) is 0 Å². The van der Waals surface area contributed by atoms with Crippen molar-refractivity contribution in [3.8, 4) is 0 Å². The summed E-state index contributed by atoms with van der Waals surface area (Å²) in [6.45, 7) is 3.28. The van der Waals surface area contributed by atoms with E-state index in [0.29, 0.717) is 11.4 Å². The number of nitrogens with zero attached hydrogens (tertiary/aromatic N) is 2. The molecular formula is C24H24N2O2S. The SMILES string of the molecule is Cc1ccc(S(=O)(=O)N2C[C@H]3c4ccccc4CCN3[C@H]2c2ccccc2)cc1. The molecule has 2 aliphatic rings. The van der Waals surface area contributed by atoms with Crippen LogP contribution in [0.5, 0.6) is 0 Å². The smallest absolute Gasteiger partial charge is 0.244 e. The van der Waals surface area contributed by atoms with E-state index >= 15 is 0 Å². The molecule has 1 fully saturated rings. The van der Waals surface area contributed by atoms with E-state index in [4.69, 9.17) is 0 Å². The van der Waals surface area contributed by atoms with Crippen molar-refractivity contribution in [3.05, 3.63) is 101 Å². The second-order valence-corrected chi connectivity index (χ2v) is 9.77. The minimum Gasteiger partial charge on any atom is -0.274 e. The molecule has 0 bridgehead atoms. The number of hydrogen-bond donors (Lipinski definition) is 0. The van der Waals surface area contributed by atoms with Gasteiger partial charge in [0.1, 0.15) is 6.17 Å². The highest BCUT2D eigenvalue weighted by Gasteiger charge is 2.48. The Bertz CT molecular complexity index is 1130. The number of hydrogen-bond acceptors (Lipinski definition) is 3. The second kappa shape index (κ2) is 7.10. The van der Waals surface area contributed by atoms with Crippen molar-refractivity contribution >= 4 is 10.0 Å². The van der Waals surface area contributed by atoms with Gasteiger partial charge in [-0.2, -0.15) is 4.31 Å². The van der Waals surface area contributed by atoms with Gasteiger partial charge in [-0.15, -0.1) is 0 Å². The Morgan fingerprint density at radius 1 is 0.862 bits per heavy atom. The Hall–Kier alpha value is -2.47. The third kappa shape index (κ3) is 3.10. The van der Waals surface area contributed by atoms with Gasteiger partial charge in [0, 0.05) is 13.1 Å². The molecule has 29 heavy (non-hydrogen) atoms. The van der Waals surface area contributed by atoms with Crippen molar-refractivity contribution in [2.45, 2.75) is 30.4 Å². The highest BCUT2D eigenvalue weighted by atomic mass is 32.2. The molecule has 2 atom stereocenters. The molecule has 0 aromatic heterocycles. The number of fused-ring (bicyclic) bond motifs is 3. The van der Waals surface area contributed by atoms with Gasteiger partial charge < -0.3 is 0 Å². The molecule has 0 spiro atoms. The van der Waals surface area contributed by atoms with Crippen LogP contribution in [0.25, 0.3) is 0 Å². The van der Waals surface area contributed by atoms with Gasteiger partial charge in [-0.05, 0) is 42.2 Å². The van der Waals surface area contributed by atoms with Crippen LogP contribution in [0.15, 0.2) is 83.8 Å². The van der Waals surface area contributed by atoms with Gasteiger partial charge in [-0.1, -0.05) is 72.3 Å². The summed E-state index contributed by atoms with van der Waals surface area (Å²) < 4.78 is 29.1. The third-order valence-corrected chi connectivity index (χ3v) is 7.95. The number of rotatable bonds is 3. The second-order valence-electron chi connectivity index (χ2n) is 7.87. The lowest BCUT2D eigenvalue weighted by Crippen LogP contribution is -2.37. The van der Waals surface area contributed by atoms with Crippen LogP contribution in [0.4, 0.5) is 0 Å². The van der Waals surface area contributed by atoms with E-state index in [0.717, 1.165) is 24.1 Å². The van der Waals surface area contributed by atoms with Crippen molar-refractivity contribution in [1.29, 1.82) is 0 Å². The van der Waals surface area contributed by atoms with Crippen LogP contribution in [-0.2, 0) is 16.4 Å². The zero-order valence-corrected chi connectivity index (χ0v) is 17.2. The molecule has 0 unspecified atom stereocenters. The molecule has 1 saturated heterocycles. The van der Waals surface area contributed by atoms with Gasteiger partial charge in [-0.3, -0.25) is 4.90 Å². The van der Waals surface area contributed by atoms with E-state index in [2.05, 4.69) is 29.2 Å². The molecule has 2 aliphatic heterocycles. The van der Waals surface area contributed by atoms with Gasteiger partial charge in [0.05, 0.1) is 10.9 Å². The zero-order chi connectivity index (χ0) is 20.0. The molecule has 2 heterocycles. The summed E-state index contributed by atoms with van der Waals surface area (Å²) in [6, 6.07) is 25.7. The Kier molecular flexibility index (Phi) is 4.54. The van der Waals surface area contributed by atoms with Gasteiger partial charge in [-0.25, -0.2) is 8.42 Å². The lowest BCUT2D eigenvalue weighted by molar-refractivity contribution is 0.154. The molecular weight excluding hydrogens is 380 g/mol. The standard InChI is InChI=1S/C24H24N2O2S/c1-18-11-13-21(14-12-18)29(27,28)26-17-23-22-10-6-5-7-19(22)15-16-25(23)24(26)20-8-3-2-4-9-20/h2-14,23-24H,15-17H2,1H3/t23-,24+/m0/s1. The Morgan fingerprint density at radius 2 is 1.55 bits per heavy atom. The molecule has 0 saturated carbocycles. The molecule has 5 heteroatoms. The summed E-state index contributed by atoms with van der Waals surface area (Å²) in [6.07, 6.45) is 0.648. The average molecular weight is 405 g/mol. The molecule has 0 aliphatic carbocycles. The Morgan fingerprint density at radius 3 is 2.31 bits per heavy atom. The molecule has 148 valence electrons. The lowest BCUT2D eigenvalue weighted by Gasteiger charge is -2.35. The Labute approximate surface area is 172 Å². The van der Waals surface area contributed by atoms with E-state index in [1.54, 1.807) is 16.4 Å². The van der Waals surface area contributed by atoms with Crippen molar-refractivity contribution in [3.63, 3.8) is 0 Å². The van der Waals surface area contributed by atoms with Crippen molar-refractivity contribution in [1.82, 2.24) is 9.21 Å². The molecule has 0 radical (unpaired) electrons. The van der Waals surface area contributed by atoms with E-state index in [-0.39, 0.29) is 12.2 Å². The first kappa shape index (κ1) is 18.6. The monoisotopic (exact) mass is 404 g/mol. The zero-order valence-electron chi connectivity index (χ0n) is 16.4. The number of benzene rings is 3. The average Bonchev–Trinajstić information content (AvgIpc) is 3.16. The van der Waals surface area contributed by atoms with Crippen LogP contribution < -0.4 is 0 Å². The minimum atomic E-state index is -3.62. The summed E-state index contributed by atoms with van der Waals surface area (Å²) in [5.74, 6) is 0. The number of aryl methyl sites for hydroxylation is 1. The molecule has 5 rings (SSSR count). The molecule has 3 aromatic carbocycles. The van der Waals surface area contributed by atoms with Crippen LogP contribution in [0.1, 0.15) is 34.5 Å². The molecule has 0 N–H and O–H groups in total. The quantitative estimate of drug-likeness (QED) is 0.654. The van der Waals surface area contributed by atoms with Crippen LogP contribution in [-0.4, -0.2) is 30.7 Å². The third-order valence-electron chi connectivity index (χ3n) is 6.12. The topological polar surface area (TPSA) is 40.6 Å². The fourth-order valence-electron chi connectivity index (χ4n) is 4.66. The normalized spacial score (nSPS) is 22.2. The van der Waals surface area contributed by atoms with E-state index in [1.807, 2.05) is 49.4 Å². The first-order chi connectivity index (χ1) is 14.1. The first-order valence-corrected chi connectivity index (χ1v) is 11.5. The van der Waals surface area contributed by atoms with E-state index in [1.165, 1.54) is 11.1 Å². The van der Waals surface area contributed by atoms with E-state index in [9.17, 15) is 8.42 Å². The van der Waals surface area contributed by atoms with Crippen molar-refractivity contribution < 1.29 is 8.42 Å². The Balaban J connectivity index is 1.63. The van der Waals surface area contributed by atoms with Gasteiger partial charge >= 0.3 is 0 Å². The maximum atomic E-state index is 13.7. The molecule has 0 amide bonds. The van der Waals surface area contributed by atoms with Crippen molar-refractivity contribution in [2.24, 2.45) is 0 Å². The highest BCUT2D eigenvalue weighted by Crippen LogP contribution is 2.46. The fraction of sp³-hybridized carbons (Fsp3) is 0.250. The molecule has 3 aromatic rings. The number of sulfonamides is 1. The summed E-state index contributed by atoms with van der Waals surface area (Å²) in [5.41, 5.74) is 4.65. The fourth-order valence-corrected chi connectivity index (χ4v) is 6.25.